The van der Waals surface area contributed by atoms with Crippen molar-refractivity contribution in [3.05, 3.63) is 41.8 Å². The molecule has 1 aliphatic carbocycles. The smallest absolute Gasteiger partial charge is 0.318 e. The molecule has 2 aromatic heterocycles. The molecule has 1 aliphatic heterocycles. The topological polar surface area (TPSA) is 93.4 Å². The summed E-state index contributed by atoms with van der Waals surface area (Å²) in [4.78, 5) is 22.8. The van der Waals surface area contributed by atoms with Crippen molar-refractivity contribution in [2.75, 3.05) is 13.1 Å². The molecule has 4 rings (SSSR count). The summed E-state index contributed by atoms with van der Waals surface area (Å²) in [6.45, 7) is 3.77. The zero-order valence-electron chi connectivity index (χ0n) is 15.5. The Hall–Kier alpha value is -2.48. The van der Waals surface area contributed by atoms with Crippen LogP contribution >= 0.6 is 0 Å². The van der Waals surface area contributed by atoms with E-state index in [1.165, 1.54) is 0 Å². The first-order chi connectivity index (χ1) is 13.2. The molecule has 1 saturated carbocycles. The van der Waals surface area contributed by atoms with E-state index in [0.717, 1.165) is 37.1 Å². The first-order valence-corrected chi connectivity index (χ1v) is 9.58. The predicted octanol–water partition coefficient (Wildman–Crippen LogP) is 2.79. The van der Waals surface area contributed by atoms with Gasteiger partial charge in [0.25, 0.3) is 0 Å². The summed E-state index contributed by atoms with van der Waals surface area (Å²) in [5.74, 6) is 1.67. The van der Waals surface area contributed by atoms with Gasteiger partial charge in [0.15, 0.2) is 5.82 Å². The van der Waals surface area contributed by atoms with Crippen LogP contribution in [-0.2, 0) is 11.3 Å². The standard InChI is InChI=1S/C19H25N5O3/c1-13(18-22-17(23-27-18)15-4-5-15)21-19(25)24-9-6-16(7-10-24)26-12-14-3-2-8-20-11-14/h2-3,8,11,13,15-16H,4-7,9-10,12H2,1H3,(H,21,25)/t13-/m1/s1. The van der Waals surface area contributed by atoms with E-state index in [0.29, 0.717) is 31.5 Å². The van der Waals surface area contributed by atoms with Crippen LogP contribution in [0, 0.1) is 0 Å². The van der Waals surface area contributed by atoms with Crippen LogP contribution < -0.4 is 5.32 Å². The predicted molar refractivity (Wildman–Crippen MR) is 96.8 cm³/mol. The van der Waals surface area contributed by atoms with Crippen LogP contribution in [-0.4, -0.2) is 45.2 Å². The summed E-state index contributed by atoms with van der Waals surface area (Å²) < 4.78 is 11.2. The molecular formula is C19H25N5O3. The molecule has 0 aromatic carbocycles. The molecule has 8 heteroatoms. The highest BCUT2D eigenvalue weighted by Gasteiger charge is 2.30. The molecule has 27 heavy (non-hydrogen) atoms. The van der Waals surface area contributed by atoms with Gasteiger partial charge in [-0.2, -0.15) is 4.98 Å². The number of ether oxygens (including phenoxy) is 1. The third kappa shape index (κ3) is 4.63. The number of piperidine rings is 1. The highest BCUT2D eigenvalue weighted by atomic mass is 16.5. The Bertz CT molecular complexity index is 754. The van der Waals surface area contributed by atoms with Gasteiger partial charge in [-0.15, -0.1) is 0 Å². The van der Waals surface area contributed by atoms with Gasteiger partial charge >= 0.3 is 6.03 Å². The van der Waals surface area contributed by atoms with E-state index in [-0.39, 0.29) is 18.2 Å². The van der Waals surface area contributed by atoms with Gasteiger partial charge in [-0.05, 0) is 44.2 Å². The van der Waals surface area contributed by atoms with Crippen LogP contribution in [0.3, 0.4) is 0 Å². The lowest BCUT2D eigenvalue weighted by atomic mass is 10.1. The molecule has 0 radical (unpaired) electrons. The highest BCUT2D eigenvalue weighted by Crippen LogP contribution is 2.38. The van der Waals surface area contributed by atoms with Crippen molar-refractivity contribution in [2.45, 2.75) is 57.3 Å². The number of carbonyl (C=O) groups is 1. The number of rotatable bonds is 6. The van der Waals surface area contributed by atoms with Crippen LogP contribution in [0.4, 0.5) is 4.79 Å². The third-order valence-electron chi connectivity index (χ3n) is 5.05. The van der Waals surface area contributed by atoms with E-state index in [2.05, 4.69) is 20.4 Å². The summed E-state index contributed by atoms with van der Waals surface area (Å²) in [7, 11) is 0. The van der Waals surface area contributed by atoms with Crippen molar-refractivity contribution in [3.8, 4) is 0 Å². The quantitative estimate of drug-likeness (QED) is 0.839. The number of carbonyl (C=O) groups excluding carboxylic acids is 1. The van der Waals surface area contributed by atoms with Crippen molar-refractivity contribution < 1.29 is 14.1 Å². The van der Waals surface area contributed by atoms with Crippen molar-refractivity contribution in [1.82, 2.24) is 25.3 Å². The van der Waals surface area contributed by atoms with E-state index in [4.69, 9.17) is 9.26 Å². The summed E-state index contributed by atoms with van der Waals surface area (Å²) >= 11 is 0. The molecule has 0 bridgehead atoms. The first kappa shape index (κ1) is 17.9. The van der Waals surface area contributed by atoms with E-state index < -0.39 is 0 Å². The second-order valence-electron chi connectivity index (χ2n) is 7.29. The molecule has 2 aromatic rings. The molecule has 1 atom stereocenters. The molecule has 3 heterocycles. The Kier molecular flexibility index (Phi) is 5.33. The second kappa shape index (κ2) is 8.04. The van der Waals surface area contributed by atoms with Crippen molar-refractivity contribution in [2.24, 2.45) is 0 Å². The third-order valence-corrected chi connectivity index (χ3v) is 5.05. The number of pyridine rings is 1. The van der Waals surface area contributed by atoms with Crippen LogP contribution in [0.2, 0.25) is 0 Å². The molecule has 0 spiro atoms. The maximum atomic E-state index is 12.5. The van der Waals surface area contributed by atoms with Gasteiger partial charge in [0.05, 0.1) is 12.7 Å². The number of aromatic nitrogens is 3. The van der Waals surface area contributed by atoms with Crippen molar-refractivity contribution in [1.29, 1.82) is 0 Å². The average molecular weight is 371 g/mol. The largest absolute Gasteiger partial charge is 0.373 e. The van der Waals surface area contributed by atoms with Gasteiger partial charge in [-0.1, -0.05) is 11.2 Å². The number of urea groups is 1. The van der Waals surface area contributed by atoms with E-state index >= 15 is 0 Å². The Balaban J connectivity index is 1.21. The first-order valence-electron chi connectivity index (χ1n) is 9.58. The lowest BCUT2D eigenvalue weighted by Crippen LogP contribution is -2.46. The lowest BCUT2D eigenvalue weighted by Gasteiger charge is -2.32. The van der Waals surface area contributed by atoms with E-state index in [1.807, 2.05) is 30.2 Å². The summed E-state index contributed by atoms with van der Waals surface area (Å²) in [5.41, 5.74) is 1.07. The monoisotopic (exact) mass is 371 g/mol. The molecular weight excluding hydrogens is 346 g/mol. The van der Waals surface area contributed by atoms with Crippen molar-refractivity contribution in [3.63, 3.8) is 0 Å². The van der Waals surface area contributed by atoms with Crippen molar-refractivity contribution >= 4 is 6.03 Å². The fourth-order valence-corrected chi connectivity index (χ4v) is 3.19. The summed E-state index contributed by atoms with van der Waals surface area (Å²) in [6, 6.07) is 3.52. The number of amides is 2. The molecule has 1 saturated heterocycles. The van der Waals surface area contributed by atoms with Crippen LogP contribution in [0.5, 0.6) is 0 Å². The number of hydrogen-bond acceptors (Lipinski definition) is 6. The number of nitrogens with one attached hydrogen (secondary N) is 1. The SMILES string of the molecule is C[C@@H](NC(=O)N1CCC(OCc2cccnc2)CC1)c1nc(C2CC2)no1. The maximum absolute atomic E-state index is 12.5. The highest BCUT2D eigenvalue weighted by molar-refractivity contribution is 5.74. The molecule has 8 nitrogen and oxygen atoms in total. The fourth-order valence-electron chi connectivity index (χ4n) is 3.19. The van der Waals surface area contributed by atoms with Crippen LogP contribution in [0.15, 0.2) is 29.0 Å². The zero-order valence-corrected chi connectivity index (χ0v) is 15.5. The molecule has 0 unspecified atom stereocenters. The number of likely N-dealkylation sites (tertiary alicyclic amines) is 1. The molecule has 2 amide bonds. The zero-order chi connectivity index (χ0) is 18.6. The Morgan fingerprint density at radius 1 is 1.37 bits per heavy atom. The minimum Gasteiger partial charge on any atom is -0.373 e. The maximum Gasteiger partial charge on any atom is 0.318 e. The summed E-state index contributed by atoms with van der Waals surface area (Å²) in [5, 5.41) is 6.96. The van der Waals surface area contributed by atoms with Gasteiger partial charge in [0.2, 0.25) is 5.89 Å². The fraction of sp³-hybridized carbons (Fsp3) is 0.579. The number of nitrogens with zero attached hydrogens (tertiary/aromatic N) is 4. The van der Waals surface area contributed by atoms with Gasteiger partial charge in [-0.3, -0.25) is 4.98 Å². The molecule has 2 aliphatic rings. The van der Waals surface area contributed by atoms with Gasteiger partial charge in [0, 0.05) is 31.4 Å². The van der Waals surface area contributed by atoms with Crippen LogP contribution in [0.25, 0.3) is 0 Å². The lowest BCUT2D eigenvalue weighted by molar-refractivity contribution is 0.00415. The molecule has 1 N–H and O–H groups in total. The number of hydrogen-bond donors (Lipinski definition) is 1. The summed E-state index contributed by atoms with van der Waals surface area (Å²) in [6.07, 6.45) is 7.64. The van der Waals surface area contributed by atoms with Gasteiger partial charge < -0.3 is 19.5 Å². The minimum absolute atomic E-state index is 0.0978. The Morgan fingerprint density at radius 2 is 2.19 bits per heavy atom. The van der Waals surface area contributed by atoms with Gasteiger partial charge in [0.1, 0.15) is 6.04 Å². The van der Waals surface area contributed by atoms with E-state index in [1.54, 1.807) is 6.20 Å². The van der Waals surface area contributed by atoms with Crippen LogP contribution in [0.1, 0.15) is 61.8 Å². The molecule has 2 fully saturated rings. The molecule has 144 valence electrons. The minimum atomic E-state index is -0.294. The Morgan fingerprint density at radius 3 is 2.89 bits per heavy atom. The normalized spacial score (nSPS) is 19.1. The average Bonchev–Trinajstić information content (AvgIpc) is 3.44. The van der Waals surface area contributed by atoms with E-state index in [9.17, 15) is 4.79 Å². The Labute approximate surface area is 158 Å². The van der Waals surface area contributed by atoms with Gasteiger partial charge in [-0.25, -0.2) is 4.79 Å². The second-order valence-corrected chi connectivity index (χ2v) is 7.29.